The second-order valence-electron chi connectivity index (χ2n) is 3.66. The molecule has 0 aliphatic rings. The molecule has 6 heteroatoms. The van der Waals surface area contributed by atoms with Crippen molar-refractivity contribution in [1.82, 2.24) is 0 Å². The number of rotatable bonds is 6. The maximum atomic E-state index is 11.7. The van der Waals surface area contributed by atoms with Crippen molar-refractivity contribution in [2.24, 2.45) is 0 Å². The Labute approximate surface area is 110 Å². The van der Waals surface area contributed by atoms with Gasteiger partial charge in [0.1, 0.15) is 5.00 Å². The van der Waals surface area contributed by atoms with Gasteiger partial charge in [-0.2, -0.15) is 0 Å². The van der Waals surface area contributed by atoms with Crippen molar-refractivity contribution in [2.45, 2.75) is 26.7 Å². The van der Waals surface area contributed by atoms with E-state index in [0.717, 1.165) is 5.56 Å². The van der Waals surface area contributed by atoms with Crippen LogP contribution < -0.4 is 5.73 Å². The topological polar surface area (TPSA) is 78.6 Å². The Balaban J connectivity index is 2.60. The minimum Gasteiger partial charge on any atom is -0.466 e. The molecular formula is C12H17NO4S. The smallest absolute Gasteiger partial charge is 0.341 e. The molecule has 0 radical (unpaired) electrons. The second-order valence-corrected chi connectivity index (χ2v) is 4.58. The molecule has 100 valence electrons. The van der Waals surface area contributed by atoms with Crippen LogP contribution in [0.4, 0.5) is 5.00 Å². The van der Waals surface area contributed by atoms with Crippen LogP contribution >= 0.6 is 11.3 Å². The first kappa shape index (κ1) is 14.5. The molecule has 2 N–H and O–H groups in total. The number of carbonyl (C=O) groups excluding carboxylic acids is 2. The molecule has 0 aliphatic carbocycles. The van der Waals surface area contributed by atoms with Crippen LogP contribution in [0.25, 0.3) is 0 Å². The number of thiophene rings is 1. The molecule has 0 fully saturated rings. The van der Waals surface area contributed by atoms with Gasteiger partial charge in [0, 0.05) is 6.92 Å². The van der Waals surface area contributed by atoms with E-state index in [9.17, 15) is 9.59 Å². The molecule has 5 nitrogen and oxygen atoms in total. The number of hydrogen-bond acceptors (Lipinski definition) is 6. The van der Waals surface area contributed by atoms with Gasteiger partial charge in [-0.3, -0.25) is 4.79 Å². The zero-order chi connectivity index (χ0) is 13.5. The summed E-state index contributed by atoms with van der Waals surface area (Å²) < 4.78 is 9.79. The Morgan fingerprint density at radius 2 is 2.11 bits per heavy atom. The van der Waals surface area contributed by atoms with Gasteiger partial charge in [-0.15, -0.1) is 11.3 Å². The van der Waals surface area contributed by atoms with Gasteiger partial charge in [0.05, 0.1) is 18.8 Å². The van der Waals surface area contributed by atoms with Crippen molar-refractivity contribution in [2.75, 3.05) is 18.9 Å². The van der Waals surface area contributed by atoms with Gasteiger partial charge in [-0.1, -0.05) is 0 Å². The molecule has 0 unspecified atom stereocenters. The van der Waals surface area contributed by atoms with E-state index in [2.05, 4.69) is 0 Å². The van der Waals surface area contributed by atoms with Gasteiger partial charge in [0.15, 0.2) is 0 Å². The fourth-order valence-corrected chi connectivity index (χ4v) is 2.35. The zero-order valence-electron chi connectivity index (χ0n) is 10.5. The summed E-state index contributed by atoms with van der Waals surface area (Å²) in [6, 6.07) is 0. The van der Waals surface area contributed by atoms with Gasteiger partial charge >= 0.3 is 11.9 Å². The number of nitrogen functional groups attached to an aromatic ring is 1. The van der Waals surface area contributed by atoms with Crippen molar-refractivity contribution in [3.63, 3.8) is 0 Å². The molecule has 0 aliphatic heterocycles. The monoisotopic (exact) mass is 271 g/mol. The van der Waals surface area contributed by atoms with Crippen molar-refractivity contribution in [1.29, 1.82) is 0 Å². The Morgan fingerprint density at radius 3 is 2.72 bits per heavy atom. The van der Waals surface area contributed by atoms with Crippen molar-refractivity contribution in [3.8, 4) is 0 Å². The number of anilines is 1. The van der Waals surface area contributed by atoms with Crippen molar-refractivity contribution >= 4 is 28.3 Å². The summed E-state index contributed by atoms with van der Waals surface area (Å²) in [5.74, 6) is -0.691. The highest BCUT2D eigenvalue weighted by Crippen LogP contribution is 2.27. The Hall–Kier alpha value is -1.56. The average Bonchev–Trinajstić information content (AvgIpc) is 2.66. The number of nitrogens with two attached hydrogens (primary N) is 1. The van der Waals surface area contributed by atoms with Crippen LogP contribution in [0.1, 0.15) is 36.2 Å². The van der Waals surface area contributed by atoms with E-state index in [0.29, 0.717) is 36.6 Å². The molecule has 18 heavy (non-hydrogen) atoms. The first-order valence-electron chi connectivity index (χ1n) is 5.72. The second kappa shape index (κ2) is 7.00. The summed E-state index contributed by atoms with van der Waals surface area (Å²) in [6.45, 7) is 3.78. The van der Waals surface area contributed by atoms with Gasteiger partial charge in [-0.05, 0) is 30.7 Å². The summed E-state index contributed by atoms with van der Waals surface area (Å²) >= 11 is 1.32. The lowest BCUT2D eigenvalue weighted by Gasteiger charge is -2.05. The zero-order valence-corrected chi connectivity index (χ0v) is 11.3. The lowest BCUT2D eigenvalue weighted by atomic mass is 10.1. The fourth-order valence-electron chi connectivity index (χ4n) is 1.51. The van der Waals surface area contributed by atoms with Gasteiger partial charge < -0.3 is 15.2 Å². The van der Waals surface area contributed by atoms with E-state index in [-0.39, 0.29) is 5.97 Å². The average molecular weight is 271 g/mol. The quantitative estimate of drug-likeness (QED) is 0.632. The third-order valence-corrected chi connectivity index (χ3v) is 3.13. The number of aryl methyl sites for hydroxylation is 1. The van der Waals surface area contributed by atoms with Crippen LogP contribution in [0.3, 0.4) is 0 Å². The fraction of sp³-hybridized carbons (Fsp3) is 0.500. The SMILES string of the molecule is CCOC(=O)c1c(CCCOC(C)=O)csc1N. The van der Waals surface area contributed by atoms with Crippen LogP contribution in [-0.4, -0.2) is 25.2 Å². The van der Waals surface area contributed by atoms with Crippen molar-refractivity contribution < 1.29 is 19.1 Å². The first-order valence-corrected chi connectivity index (χ1v) is 6.60. The molecule has 0 spiro atoms. The molecule has 0 bridgehead atoms. The Morgan fingerprint density at radius 1 is 1.39 bits per heavy atom. The highest BCUT2D eigenvalue weighted by molar-refractivity contribution is 7.14. The van der Waals surface area contributed by atoms with Crippen LogP contribution in [0.2, 0.25) is 0 Å². The number of esters is 2. The molecule has 1 heterocycles. The minimum absolute atomic E-state index is 0.301. The normalized spacial score (nSPS) is 10.1. The Bertz CT molecular complexity index is 428. The van der Waals surface area contributed by atoms with Crippen LogP contribution in [0.15, 0.2) is 5.38 Å². The molecule has 0 amide bonds. The minimum atomic E-state index is -0.390. The largest absolute Gasteiger partial charge is 0.466 e. The predicted molar refractivity (Wildman–Crippen MR) is 69.6 cm³/mol. The third-order valence-electron chi connectivity index (χ3n) is 2.27. The standard InChI is InChI=1S/C12H17NO4S/c1-3-16-12(15)10-9(7-18-11(10)13)5-4-6-17-8(2)14/h7H,3-6,13H2,1-2H3. The van der Waals surface area contributed by atoms with Crippen molar-refractivity contribution in [3.05, 3.63) is 16.5 Å². The lowest BCUT2D eigenvalue weighted by Crippen LogP contribution is -2.09. The molecule has 1 aromatic heterocycles. The highest BCUT2D eigenvalue weighted by Gasteiger charge is 2.18. The van der Waals surface area contributed by atoms with Gasteiger partial charge in [0.25, 0.3) is 0 Å². The third kappa shape index (κ3) is 4.03. The van der Waals surface area contributed by atoms with E-state index < -0.39 is 5.97 Å². The molecule has 1 rings (SSSR count). The maximum Gasteiger partial charge on any atom is 0.341 e. The van der Waals surface area contributed by atoms with E-state index in [1.165, 1.54) is 18.3 Å². The van der Waals surface area contributed by atoms with E-state index in [1.54, 1.807) is 6.92 Å². The summed E-state index contributed by atoms with van der Waals surface area (Å²) in [7, 11) is 0. The molecule has 0 atom stereocenters. The molecule has 0 saturated carbocycles. The highest BCUT2D eigenvalue weighted by atomic mass is 32.1. The summed E-state index contributed by atoms with van der Waals surface area (Å²) in [6.07, 6.45) is 1.29. The maximum absolute atomic E-state index is 11.7. The molecule has 1 aromatic rings. The van der Waals surface area contributed by atoms with Gasteiger partial charge in [-0.25, -0.2) is 4.79 Å². The summed E-state index contributed by atoms with van der Waals surface area (Å²) in [5, 5.41) is 2.31. The van der Waals surface area contributed by atoms with Crippen LogP contribution in [0.5, 0.6) is 0 Å². The predicted octanol–water partition coefficient (Wildman–Crippen LogP) is 2.00. The lowest BCUT2D eigenvalue weighted by molar-refractivity contribution is -0.141. The summed E-state index contributed by atoms with van der Waals surface area (Å²) in [5.41, 5.74) is 7.06. The van der Waals surface area contributed by atoms with E-state index in [4.69, 9.17) is 15.2 Å². The van der Waals surface area contributed by atoms with Crippen LogP contribution in [-0.2, 0) is 20.7 Å². The molecule has 0 saturated heterocycles. The van der Waals surface area contributed by atoms with Gasteiger partial charge in [0.2, 0.25) is 0 Å². The number of hydrogen-bond donors (Lipinski definition) is 1. The van der Waals surface area contributed by atoms with E-state index >= 15 is 0 Å². The number of carbonyl (C=O) groups is 2. The number of ether oxygens (including phenoxy) is 2. The van der Waals surface area contributed by atoms with E-state index in [1.807, 2.05) is 5.38 Å². The molecular weight excluding hydrogens is 254 g/mol. The summed E-state index contributed by atoms with van der Waals surface area (Å²) in [4.78, 5) is 22.3. The Kier molecular flexibility index (Phi) is 5.64. The molecule has 0 aromatic carbocycles. The first-order chi connectivity index (χ1) is 8.56. The van der Waals surface area contributed by atoms with Crippen LogP contribution in [0, 0.1) is 0 Å².